The second kappa shape index (κ2) is 6.35. The third kappa shape index (κ3) is 4.11. The summed E-state index contributed by atoms with van der Waals surface area (Å²) < 4.78 is 38.6. The van der Waals surface area contributed by atoms with Crippen molar-refractivity contribution >= 4 is 5.69 Å². The van der Waals surface area contributed by atoms with E-state index in [0.29, 0.717) is 18.2 Å². The van der Waals surface area contributed by atoms with Crippen LogP contribution >= 0.6 is 0 Å². The molecule has 6 heteroatoms. The van der Waals surface area contributed by atoms with E-state index in [0.717, 1.165) is 32.0 Å². The lowest BCUT2D eigenvalue weighted by molar-refractivity contribution is -0.137. The van der Waals surface area contributed by atoms with Crippen molar-refractivity contribution in [3.05, 3.63) is 29.3 Å². The predicted octanol–water partition coefficient (Wildman–Crippen LogP) is 3.33. The van der Waals surface area contributed by atoms with E-state index >= 15 is 0 Å². The third-order valence-corrected chi connectivity index (χ3v) is 3.88. The van der Waals surface area contributed by atoms with Crippen molar-refractivity contribution in [3.63, 3.8) is 0 Å². The monoisotopic (exact) mass is 297 g/mol. The normalized spacial score (nSPS) is 17.5. The molecular formula is C15H18F3N3. The summed E-state index contributed by atoms with van der Waals surface area (Å²) in [5.41, 5.74) is -0.800. The molecule has 0 spiro atoms. The van der Waals surface area contributed by atoms with Crippen molar-refractivity contribution in [1.82, 2.24) is 4.90 Å². The van der Waals surface area contributed by atoms with Gasteiger partial charge in [0, 0.05) is 12.2 Å². The average Bonchev–Trinajstić information content (AvgIpc) is 2.45. The smallest absolute Gasteiger partial charge is 0.385 e. The third-order valence-electron chi connectivity index (χ3n) is 3.88. The van der Waals surface area contributed by atoms with Crippen LogP contribution in [0, 0.1) is 17.2 Å². The van der Waals surface area contributed by atoms with Crippen LogP contribution in [0.1, 0.15) is 24.0 Å². The van der Waals surface area contributed by atoms with Crippen molar-refractivity contribution in [2.24, 2.45) is 5.92 Å². The molecule has 1 heterocycles. The van der Waals surface area contributed by atoms with Gasteiger partial charge in [0.1, 0.15) is 0 Å². The Bertz CT molecular complexity index is 526. The van der Waals surface area contributed by atoms with Crippen LogP contribution < -0.4 is 5.32 Å². The minimum Gasteiger partial charge on any atom is -0.385 e. The van der Waals surface area contributed by atoms with Gasteiger partial charge in [0.15, 0.2) is 0 Å². The largest absolute Gasteiger partial charge is 0.417 e. The molecular weight excluding hydrogens is 279 g/mol. The van der Waals surface area contributed by atoms with Crippen LogP contribution in [0.25, 0.3) is 0 Å². The molecule has 21 heavy (non-hydrogen) atoms. The molecule has 1 N–H and O–H groups in total. The maximum absolute atomic E-state index is 12.9. The Morgan fingerprint density at radius 3 is 2.57 bits per heavy atom. The number of hydrogen-bond donors (Lipinski definition) is 1. The quantitative estimate of drug-likeness (QED) is 0.930. The van der Waals surface area contributed by atoms with Crippen LogP contribution in [0.4, 0.5) is 18.9 Å². The maximum atomic E-state index is 12.9. The molecule has 0 aromatic heterocycles. The number of likely N-dealkylation sites (tertiary alicyclic amines) is 1. The molecule has 1 aromatic carbocycles. The number of halogens is 3. The standard InChI is InChI=1S/C15H18F3N3/c1-21-6-4-11(5-7-21)10-20-13-3-2-12(9-19)14(8-13)15(16,17)18/h2-3,8,11,20H,4-7,10H2,1H3. The van der Waals surface area contributed by atoms with E-state index in [-0.39, 0.29) is 5.56 Å². The first kappa shape index (κ1) is 15.6. The van der Waals surface area contributed by atoms with E-state index in [1.54, 1.807) is 6.07 Å². The van der Waals surface area contributed by atoms with Crippen molar-refractivity contribution in [2.75, 3.05) is 32.0 Å². The summed E-state index contributed by atoms with van der Waals surface area (Å²) in [6, 6.07) is 5.36. The lowest BCUT2D eigenvalue weighted by atomic mass is 9.97. The number of nitriles is 1. The fourth-order valence-electron chi connectivity index (χ4n) is 2.51. The van der Waals surface area contributed by atoms with E-state index in [1.807, 2.05) is 0 Å². The van der Waals surface area contributed by atoms with Crippen molar-refractivity contribution in [1.29, 1.82) is 5.26 Å². The highest BCUT2D eigenvalue weighted by atomic mass is 19.4. The molecule has 0 amide bonds. The Morgan fingerprint density at radius 2 is 2.00 bits per heavy atom. The number of hydrogen-bond acceptors (Lipinski definition) is 3. The van der Waals surface area contributed by atoms with Gasteiger partial charge in [-0.25, -0.2) is 0 Å². The number of nitrogens with one attached hydrogen (secondary N) is 1. The molecule has 2 rings (SSSR count). The number of piperidine rings is 1. The summed E-state index contributed by atoms with van der Waals surface area (Å²) in [6.07, 6.45) is -2.41. The molecule has 1 aliphatic rings. The maximum Gasteiger partial charge on any atom is 0.417 e. The molecule has 0 saturated carbocycles. The molecule has 3 nitrogen and oxygen atoms in total. The van der Waals surface area contributed by atoms with Crippen LogP contribution in [-0.2, 0) is 6.18 Å². The first-order valence-electron chi connectivity index (χ1n) is 6.94. The molecule has 0 atom stereocenters. The SMILES string of the molecule is CN1CCC(CNc2ccc(C#N)c(C(F)(F)F)c2)CC1. The van der Waals surface area contributed by atoms with Gasteiger partial charge in [0.2, 0.25) is 0 Å². The molecule has 0 bridgehead atoms. The topological polar surface area (TPSA) is 39.1 Å². The van der Waals surface area contributed by atoms with Crippen molar-refractivity contribution in [2.45, 2.75) is 19.0 Å². The summed E-state index contributed by atoms with van der Waals surface area (Å²) in [7, 11) is 2.07. The van der Waals surface area contributed by atoms with Crippen LogP contribution in [0.15, 0.2) is 18.2 Å². The summed E-state index contributed by atoms with van der Waals surface area (Å²) in [5.74, 6) is 0.478. The molecule has 1 fully saturated rings. The number of rotatable bonds is 3. The van der Waals surface area contributed by atoms with Gasteiger partial charge in [-0.05, 0) is 57.1 Å². The second-order valence-corrected chi connectivity index (χ2v) is 5.50. The predicted molar refractivity (Wildman–Crippen MR) is 74.9 cm³/mol. The van der Waals surface area contributed by atoms with Gasteiger partial charge in [-0.3, -0.25) is 0 Å². The van der Waals surface area contributed by atoms with Gasteiger partial charge in [-0.1, -0.05) is 0 Å². The van der Waals surface area contributed by atoms with Crippen LogP contribution in [0.3, 0.4) is 0 Å². The Kier molecular flexibility index (Phi) is 4.73. The van der Waals surface area contributed by atoms with E-state index in [1.165, 1.54) is 12.1 Å². The molecule has 0 unspecified atom stereocenters. The van der Waals surface area contributed by atoms with Gasteiger partial charge in [-0.2, -0.15) is 18.4 Å². The molecule has 1 saturated heterocycles. The Hall–Kier alpha value is -1.74. The fraction of sp³-hybridized carbons (Fsp3) is 0.533. The van der Waals surface area contributed by atoms with Crippen LogP contribution in [-0.4, -0.2) is 31.6 Å². The highest BCUT2D eigenvalue weighted by molar-refractivity contribution is 5.53. The molecule has 1 aliphatic heterocycles. The minimum atomic E-state index is -4.50. The lowest BCUT2D eigenvalue weighted by Gasteiger charge is -2.29. The molecule has 0 radical (unpaired) electrons. The summed E-state index contributed by atoms with van der Waals surface area (Å²) in [5, 5.41) is 11.8. The van der Waals surface area contributed by atoms with Gasteiger partial charge in [-0.15, -0.1) is 0 Å². The first-order chi connectivity index (χ1) is 9.90. The Morgan fingerprint density at radius 1 is 1.33 bits per heavy atom. The Labute approximate surface area is 122 Å². The number of nitrogens with zero attached hydrogens (tertiary/aromatic N) is 2. The first-order valence-corrected chi connectivity index (χ1v) is 6.94. The number of alkyl halides is 3. The van der Waals surface area contributed by atoms with Crippen molar-refractivity contribution in [3.8, 4) is 6.07 Å². The number of anilines is 1. The average molecular weight is 297 g/mol. The minimum absolute atomic E-state index is 0.340. The van der Waals surface area contributed by atoms with Gasteiger partial charge in [0.05, 0.1) is 17.2 Å². The zero-order chi connectivity index (χ0) is 15.5. The summed E-state index contributed by atoms with van der Waals surface area (Å²) in [4.78, 5) is 2.25. The molecule has 0 aliphatic carbocycles. The van der Waals surface area contributed by atoms with Gasteiger partial charge < -0.3 is 10.2 Å². The number of benzene rings is 1. The zero-order valence-electron chi connectivity index (χ0n) is 11.9. The highest BCUT2D eigenvalue weighted by Crippen LogP contribution is 2.33. The zero-order valence-corrected chi connectivity index (χ0v) is 11.9. The van der Waals surface area contributed by atoms with E-state index in [4.69, 9.17) is 5.26 Å². The molecule has 1 aromatic rings. The van der Waals surface area contributed by atoms with E-state index < -0.39 is 11.7 Å². The second-order valence-electron chi connectivity index (χ2n) is 5.50. The fourth-order valence-corrected chi connectivity index (χ4v) is 2.51. The Balaban J connectivity index is 2.03. The van der Waals surface area contributed by atoms with E-state index in [2.05, 4.69) is 17.3 Å². The lowest BCUT2D eigenvalue weighted by Crippen LogP contribution is -2.32. The van der Waals surface area contributed by atoms with Gasteiger partial charge in [0.25, 0.3) is 0 Å². The van der Waals surface area contributed by atoms with Crippen molar-refractivity contribution < 1.29 is 13.2 Å². The van der Waals surface area contributed by atoms with Crippen LogP contribution in [0.2, 0.25) is 0 Å². The summed E-state index contributed by atoms with van der Waals surface area (Å²) >= 11 is 0. The highest BCUT2D eigenvalue weighted by Gasteiger charge is 2.33. The van der Waals surface area contributed by atoms with Gasteiger partial charge >= 0.3 is 6.18 Å². The van der Waals surface area contributed by atoms with Crippen LogP contribution in [0.5, 0.6) is 0 Å². The summed E-state index contributed by atoms with van der Waals surface area (Å²) in [6.45, 7) is 2.71. The molecule has 114 valence electrons. The van der Waals surface area contributed by atoms with E-state index in [9.17, 15) is 13.2 Å².